The summed E-state index contributed by atoms with van der Waals surface area (Å²) >= 11 is 0. The van der Waals surface area contributed by atoms with Gasteiger partial charge in [0.05, 0.1) is 0 Å². The number of carboxylic acid groups (broad SMARTS) is 1. The fourth-order valence-electron chi connectivity index (χ4n) is 1.76. The SMILES string of the molecule is CC(=O)NC(C(=O)O)C(=O)CCc1cccc(C)c1. The molecule has 102 valence electrons. The predicted octanol–water partition coefficient (Wildman–Crippen LogP) is 1.09. The minimum atomic E-state index is -1.46. The van der Waals surface area contributed by atoms with E-state index in [0.717, 1.165) is 11.1 Å². The Kier molecular flexibility index (Phi) is 5.23. The van der Waals surface area contributed by atoms with Crippen LogP contribution < -0.4 is 5.32 Å². The maximum absolute atomic E-state index is 11.8. The molecule has 0 aliphatic rings. The lowest BCUT2D eigenvalue weighted by Gasteiger charge is -2.12. The third kappa shape index (κ3) is 4.91. The van der Waals surface area contributed by atoms with Crippen LogP contribution in [0.5, 0.6) is 0 Å². The van der Waals surface area contributed by atoms with Crippen molar-refractivity contribution < 1.29 is 19.5 Å². The van der Waals surface area contributed by atoms with Gasteiger partial charge in [0.25, 0.3) is 0 Å². The van der Waals surface area contributed by atoms with Crippen LogP contribution in [-0.4, -0.2) is 28.8 Å². The number of amides is 1. The summed E-state index contributed by atoms with van der Waals surface area (Å²) < 4.78 is 0. The molecule has 0 aliphatic heterocycles. The fourth-order valence-corrected chi connectivity index (χ4v) is 1.76. The number of rotatable bonds is 6. The van der Waals surface area contributed by atoms with Gasteiger partial charge < -0.3 is 10.4 Å². The van der Waals surface area contributed by atoms with Gasteiger partial charge in [-0.2, -0.15) is 0 Å². The largest absolute Gasteiger partial charge is 0.479 e. The topological polar surface area (TPSA) is 83.5 Å². The van der Waals surface area contributed by atoms with E-state index in [9.17, 15) is 14.4 Å². The minimum Gasteiger partial charge on any atom is -0.479 e. The average molecular weight is 263 g/mol. The molecule has 0 aromatic heterocycles. The molecule has 1 amide bonds. The lowest BCUT2D eigenvalue weighted by atomic mass is 10.0. The molecule has 2 N–H and O–H groups in total. The molecule has 5 nitrogen and oxygen atoms in total. The van der Waals surface area contributed by atoms with Gasteiger partial charge in [-0.1, -0.05) is 29.8 Å². The van der Waals surface area contributed by atoms with Crippen molar-refractivity contribution in [1.82, 2.24) is 5.32 Å². The molecule has 1 aromatic rings. The molecule has 5 heteroatoms. The predicted molar refractivity (Wildman–Crippen MR) is 69.7 cm³/mol. The number of carbonyl (C=O) groups excluding carboxylic acids is 2. The van der Waals surface area contributed by atoms with E-state index in [1.807, 2.05) is 31.2 Å². The van der Waals surface area contributed by atoms with Crippen LogP contribution in [-0.2, 0) is 20.8 Å². The van der Waals surface area contributed by atoms with Crippen molar-refractivity contribution in [3.8, 4) is 0 Å². The summed E-state index contributed by atoms with van der Waals surface area (Å²) in [5, 5.41) is 11.0. The molecule has 0 bridgehead atoms. The average Bonchev–Trinajstić information content (AvgIpc) is 2.32. The lowest BCUT2D eigenvalue weighted by molar-refractivity contribution is -0.145. The number of benzene rings is 1. The van der Waals surface area contributed by atoms with E-state index in [-0.39, 0.29) is 6.42 Å². The molecule has 1 rings (SSSR count). The van der Waals surface area contributed by atoms with Crippen molar-refractivity contribution in [1.29, 1.82) is 0 Å². The highest BCUT2D eigenvalue weighted by molar-refractivity contribution is 6.04. The Hall–Kier alpha value is -2.17. The number of hydrogen-bond acceptors (Lipinski definition) is 3. The quantitative estimate of drug-likeness (QED) is 0.752. The number of Topliss-reactive ketones (excluding diaryl/α,β-unsaturated/α-hetero) is 1. The first-order valence-electron chi connectivity index (χ1n) is 5.98. The van der Waals surface area contributed by atoms with Crippen LogP contribution in [0.4, 0.5) is 0 Å². The van der Waals surface area contributed by atoms with Crippen LogP contribution in [0.15, 0.2) is 24.3 Å². The summed E-state index contributed by atoms with van der Waals surface area (Å²) in [5.74, 6) is -2.36. The second-order valence-electron chi connectivity index (χ2n) is 4.43. The number of aliphatic carboxylic acids is 1. The number of aryl methyl sites for hydroxylation is 2. The molecule has 1 atom stereocenters. The number of hydrogen-bond donors (Lipinski definition) is 2. The van der Waals surface area contributed by atoms with Crippen molar-refractivity contribution >= 4 is 17.7 Å². The van der Waals surface area contributed by atoms with E-state index in [2.05, 4.69) is 5.32 Å². The van der Waals surface area contributed by atoms with Crippen molar-refractivity contribution in [2.24, 2.45) is 0 Å². The van der Waals surface area contributed by atoms with E-state index in [4.69, 9.17) is 5.11 Å². The lowest BCUT2D eigenvalue weighted by Crippen LogP contribution is -2.45. The second kappa shape index (κ2) is 6.68. The Balaban J connectivity index is 2.62. The first kappa shape index (κ1) is 14.9. The van der Waals surface area contributed by atoms with Gasteiger partial charge in [-0.3, -0.25) is 9.59 Å². The van der Waals surface area contributed by atoms with Crippen molar-refractivity contribution in [3.05, 3.63) is 35.4 Å². The van der Waals surface area contributed by atoms with E-state index >= 15 is 0 Å². The highest BCUT2D eigenvalue weighted by Gasteiger charge is 2.26. The number of nitrogens with one attached hydrogen (secondary N) is 1. The molecule has 0 fully saturated rings. The molecule has 0 saturated heterocycles. The van der Waals surface area contributed by atoms with Gasteiger partial charge in [0.15, 0.2) is 11.8 Å². The van der Waals surface area contributed by atoms with Crippen LogP contribution in [0.1, 0.15) is 24.5 Å². The molecule has 0 aliphatic carbocycles. The summed E-state index contributed by atoms with van der Waals surface area (Å²) in [6, 6.07) is 6.21. The minimum absolute atomic E-state index is 0.0840. The summed E-state index contributed by atoms with van der Waals surface area (Å²) in [7, 11) is 0. The zero-order valence-electron chi connectivity index (χ0n) is 11.0. The maximum Gasteiger partial charge on any atom is 0.334 e. The molecule has 1 unspecified atom stereocenters. The fraction of sp³-hybridized carbons (Fsp3) is 0.357. The number of carbonyl (C=O) groups is 3. The molecule has 0 heterocycles. The molecule has 0 spiro atoms. The molecular formula is C14H17NO4. The first-order chi connectivity index (χ1) is 8.90. The highest BCUT2D eigenvalue weighted by Crippen LogP contribution is 2.08. The Morgan fingerprint density at radius 3 is 2.53 bits per heavy atom. The van der Waals surface area contributed by atoms with E-state index in [1.165, 1.54) is 6.92 Å². The van der Waals surface area contributed by atoms with Crippen LogP contribution in [0.3, 0.4) is 0 Å². The van der Waals surface area contributed by atoms with Gasteiger partial charge in [0.2, 0.25) is 5.91 Å². The van der Waals surface area contributed by atoms with Crippen molar-refractivity contribution in [2.75, 3.05) is 0 Å². The molecule has 1 aromatic carbocycles. The molecule has 0 radical (unpaired) electrons. The van der Waals surface area contributed by atoms with Gasteiger partial charge in [-0.15, -0.1) is 0 Å². The third-order valence-electron chi connectivity index (χ3n) is 2.66. The Labute approximate surface area is 111 Å². The van der Waals surface area contributed by atoms with Crippen molar-refractivity contribution in [2.45, 2.75) is 32.7 Å². The smallest absolute Gasteiger partial charge is 0.334 e. The standard InChI is InChI=1S/C14H17NO4/c1-9-4-3-5-11(8-9)6-7-12(17)13(14(18)19)15-10(2)16/h3-5,8,13H,6-7H2,1-2H3,(H,15,16)(H,18,19). The highest BCUT2D eigenvalue weighted by atomic mass is 16.4. The van der Waals surface area contributed by atoms with Crippen LogP contribution >= 0.6 is 0 Å². The third-order valence-corrected chi connectivity index (χ3v) is 2.66. The van der Waals surface area contributed by atoms with Crippen LogP contribution in [0.2, 0.25) is 0 Å². The zero-order chi connectivity index (χ0) is 14.4. The Morgan fingerprint density at radius 2 is 2.00 bits per heavy atom. The number of ketones is 1. The van der Waals surface area contributed by atoms with Gasteiger partial charge in [-0.05, 0) is 18.9 Å². The monoisotopic (exact) mass is 263 g/mol. The summed E-state index contributed by atoms with van der Waals surface area (Å²) in [6.45, 7) is 3.13. The zero-order valence-corrected chi connectivity index (χ0v) is 11.0. The Bertz CT molecular complexity index is 496. The maximum atomic E-state index is 11.8. The van der Waals surface area contributed by atoms with Crippen LogP contribution in [0.25, 0.3) is 0 Å². The summed E-state index contributed by atoms with van der Waals surface area (Å²) in [5.41, 5.74) is 2.06. The molecular weight excluding hydrogens is 246 g/mol. The summed E-state index contributed by atoms with van der Waals surface area (Å²) in [4.78, 5) is 33.5. The number of carboxylic acids is 1. The van der Waals surface area contributed by atoms with E-state index in [1.54, 1.807) is 0 Å². The summed E-state index contributed by atoms with van der Waals surface area (Å²) in [6.07, 6.45) is 0.546. The van der Waals surface area contributed by atoms with Gasteiger partial charge in [0.1, 0.15) is 0 Å². The normalized spacial score (nSPS) is 11.7. The first-order valence-corrected chi connectivity index (χ1v) is 5.98. The van der Waals surface area contributed by atoms with Gasteiger partial charge in [0, 0.05) is 13.3 Å². The molecule has 0 saturated carbocycles. The molecule has 19 heavy (non-hydrogen) atoms. The van der Waals surface area contributed by atoms with Crippen molar-refractivity contribution in [3.63, 3.8) is 0 Å². The van der Waals surface area contributed by atoms with Gasteiger partial charge >= 0.3 is 5.97 Å². The Morgan fingerprint density at radius 1 is 1.32 bits per heavy atom. The van der Waals surface area contributed by atoms with E-state index in [0.29, 0.717) is 6.42 Å². The van der Waals surface area contributed by atoms with Crippen LogP contribution in [0, 0.1) is 6.92 Å². The second-order valence-corrected chi connectivity index (χ2v) is 4.43. The van der Waals surface area contributed by atoms with E-state index < -0.39 is 23.7 Å². The van der Waals surface area contributed by atoms with Gasteiger partial charge in [-0.25, -0.2) is 4.79 Å².